The van der Waals surface area contributed by atoms with Crippen molar-refractivity contribution in [3.8, 4) is 0 Å². The van der Waals surface area contributed by atoms with Crippen molar-refractivity contribution in [2.75, 3.05) is 0 Å². The number of hydrogen-bond donors (Lipinski definition) is 1. The summed E-state index contributed by atoms with van der Waals surface area (Å²) >= 11 is 11.9. The summed E-state index contributed by atoms with van der Waals surface area (Å²) in [5.41, 5.74) is 0.740. The zero-order valence-electron chi connectivity index (χ0n) is 12.7. The van der Waals surface area contributed by atoms with Crippen LogP contribution in [-0.4, -0.2) is 18.0 Å². The van der Waals surface area contributed by atoms with Gasteiger partial charge >= 0.3 is 5.97 Å². The molecule has 1 amide bonds. The number of carbonyl (C=O) groups is 2. The summed E-state index contributed by atoms with van der Waals surface area (Å²) in [5, 5.41) is 3.74. The minimum atomic E-state index is -0.887. The number of rotatable bonds is 6. The number of esters is 1. The maximum atomic E-state index is 12.0. The van der Waals surface area contributed by atoms with Crippen LogP contribution in [0.25, 0.3) is 0 Å². The highest BCUT2D eigenvalue weighted by molar-refractivity contribution is 6.35. The zero-order valence-corrected chi connectivity index (χ0v) is 14.2. The molecule has 0 bridgehead atoms. The Morgan fingerprint density at radius 2 is 2.00 bits per heavy atom. The molecule has 0 aliphatic rings. The number of allylic oxidation sites excluding steroid dienone is 1. The molecule has 6 heteroatoms. The Balaban J connectivity index is 2.63. The van der Waals surface area contributed by atoms with Gasteiger partial charge in [0.25, 0.3) is 5.91 Å². The summed E-state index contributed by atoms with van der Waals surface area (Å²) in [6.45, 7) is 5.21. The van der Waals surface area contributed by atoms with Gasteiger partial charge in [-0.25, -0.2) is 4.79 Å². The van der Waals surface area contributed by atoms with Crippen LogP contribution in [0.5, 0.6) is 0 Å². The molecule has 0 fully saturated rings. The lowest BCUT2D eigenvalue weighted by molar-refractivity contribution is -0.150. The van der Waals surface area contributed by atoms with Gasteiger partial charge in [-0.3, -0.25) is 4.79 Å². The molecule has 0 spiro atoms. The van der Waals surface area contributed by atoms with Crippen molar-refractivity contribution in [1.82, 2.24) is 5.32 Å². The summed E-state index contributed by atoms with van der Waals surface area (Å²) in [5.74, 6) is -0.932. The highest BCUT2D eigenvalue weighted by Gasteiger charge is 2.20. The third-order valence-electron chi connectivity index (χ3n) is 2.94. The summed E-state index contributed by atoms with van der Waals surface area (Å²) in [6.07, 6.45) is 2.82. The van der Waals surface area contributed by atoms with Gasteiger partial charge in [-0.2, -0.15) is 0 Å². The van der Waals surface area contributed by atoms with Gasteiger partial charge in [-0.05, 0) is 38.0 Å². The molecule has 0 saturated heterocycles. The smallest absolute Gasteiger partial charge is 0.331 e. The fraction of sp³-hybridized carbons (Fsp3) is 0.375. The molecule has 0 aliphatic heterocycles. The van der Waals surface area contributed by atoms with Crippen molar-refractivity contribution < 1.29 is 14.3 Å². The van der Waals surface area contributed by atoms with E-state index >= 15 is 0 Å². The van der Waals surface area contributed by atoms with Crippen molar-refractivity contribution in [2.45, 2.75) is 39.3 Å². The first-order valence-electron chi connectivity index (χ1n) is 6.97. The largest absolute Gasteiger partial charge is 0.449 e. The van der Waals surface area contributed by atoms with Crippen molar-refractivity contribution in [3.05, 3.63) is 46.0 Å². The van der Waals surface area contributed by atoms with E-state index in [0.717, 1.165) is 12.0 Å². The highest BCUT2D eigenvalue weighted by Crippen LogP contribution is 2.26. The summed E-state index contributed by atoms with van der Waals surface area (Å²) in [7, 11) is 0. The second kappa shape index (κ2) is 8.81. The number of nitrogens with one attached hydrogen (secondary N) is 1. The zero-order chi connectivity index (χ0) is 16.7. The van der Waals surface area contributed by atoms with Crippen LogP contribution in [0.1, 0.15) is 38.8 Å². The molecule has 0 saturated carbocycles. The van der Waals surface area contributed by atoms with Crippen molar-refractivity contribution in [1.29, 1.82) is 0 Å². The van der Waals surface area contributed by atoms with Crippen LogP contribution >= 0.6 is 23.2 Å². The first-order chi connectivity index (χ1) is 10.3. The predicted octanol–water partition coefficient (Wildman–Crippen LogP) is 4.07. The van der Waals surface area contributed by atoms with Gasteiger partial charge in [0.1, 0.15) is 0 Å². The average Bonchev–Trinajstić information content (AvgIpc) is 2.44. The van der Waals surface area contributed by atoms with Crippen LogP contribution in [-0.2, 0) is 14.3 Å². The molecule has 1 N–H and O–H groups in total. The Labute approximate surface area is 140 Å². The third kappa shape index (κ3) is 5.70. The van der Waals surface area contributed by atoms with E-state index in [1.807, 2.05) is 6.92 Å². The number of carbonyl (C=O) groups excluding carboxylic acids is 2. The van der Waals surface area contributed by atoms with Gasteiger partial charge in [0.05, 0.1) is 6.04 Å². The molecule has 0 unspecified atom stereocenters. The Hall–Kier alpha value is -1.52. The van der Waals surface area contributed by atoms with Gasteiger partial charge in [0.2, 0.25) is 0 Å². The summed E-state index contributed by atoms with van der Waals surface area (Å²) < 4.78 is 5.01. The van der Waals surface area contributed by atoms with E-state index < -0.39 is 18.0 Å². The van der Waals surface area contributed by atoms with Crippen LogP contribution in [0.2, 0.25) is 10.0 Å². The Morgan fingerprint density at radius 1 is 1.32 bits per heavy atom. The van der Waals surface area contributed by atoms with Gasteiger partial charge < -0.3 is 10.1 Å². The summed E-state index contributed by atoms with van der Waals surface area (Å²) in [6, 6.07) is 4.73. The number of halogens is 2. The molecule has 4 nitrogen and oxygen atoms in total. The molecule has 2 atom stereocenters. The molecule has 1 aromatic carbocycles. The second-order valence-electron chi connectivity index (χ2n) is 4.79. The van der Waals surface area contributed by atoms with Crippen LogP contribution < -0.4 is 5.32 Å². The minimum absolute atomic E-state index is 0.329. The molecular formula is C16H19Cl2NO3. The Kier molecular flexibility index (Phi) is 7.42. The SMILES string of the molecule is CC/C=C/C(=O)O[C@@H](C)C(=O)N[C@@H](C)c1ccc(Cl)cc1Cl. The fourth-order valence-electron chi connectivity index (χ4n) is 1.74. The van der Waals surface area contributed by atoms with Crippen molar-refractivity contribution in [2.24, 2.45) is 0 Å². The second-order valence-corrected chi connectivity index (χ2v) is 5.63. The molecule has 0 heterocycles. The average molecular weight is 344 g/mol. The number of hydrogen-bond acceptors (Lipinski definition) is 3. The first kappa shape index (κ1) is 18.5. The van der Waals surface area contributed by atoms with Crippen LogP contribution in [0.3, 0.4) is 0 Å². The maximum absolute atomic E-state index is 12.0. The molecule has 1 rings (SSSR count). The summed E-state index contributed by atoms with van der Waals surface area (Å²) in [4.78, 5) is 23.5. The third-order valence-corrected chi connectivity index (χ3v) is 3.50. The highest BCUT2D eigenvalue weighted by atomic mass is 35.5. The lowest BCUT2D eigenvalue weighted by Crippen LogP contribution is -2.37. The van der Waals surface area contributed by atoms with Gasteiger partial charge in [-0.15, -0.1) is 0 Å². The van der Waals surface area contributed by atoms with E-state index in [4.69, 9.17) is 27.9 Å². The van der Waals surface area contributed by atoms with E-state index in [2.05, 4.69) is 5.32 Å². The van der Waals surface area contributed by atoms with E-state index in [9.17, 15) is 9.59 Å². The Morgan fingerprint density at radius 3 is 2.59 bits per heavy atom. The van der Waals surface area contributed by atoms with Crippen LogP contribution in [0, 0.1) is 0 Å². The standard InChI is InChI=1S/C16H19Cl2NO3/c1-4-5-6-15(20)22-11(3)16(21)19-10(2)13-8-7-12(17)9-14(13)18/h5-11H,4H2,1-3H3,(H,19,21)/b6-5+/t10-,11-/m0/s1. The first-order valence-corrected chi connectivity index (χ1v) is 7.73. The Bertz CT molecular complexity index is 573. The van der Waals surface area contributed by atoms with Gasteiger partial charge in [0.15, 0.2) is 6.10 Å². The normalized spacial score (nSPS) is 13.7. The van der Waals surface area contributed by atoms with Gasteiger partial charge in [-0.1, -0.05) is 42.3 Å². The molecular weight excluding hydrogens is 325 g/mol. The lowest BCUT2D eigenvalue weighted by Gasteiger charge is -2.19. The minimum Gasteiger partial charge on any atom is -0.449 e. The monoisotopic (exact) mass is 343 g/mol. The van der Waals surface area contributed by atoms with Crippen molar-refractivity contribution >= 4 is 35.1 Å². The fourth-order valence-corrected chi connectivity index (χ4v) is 2.31. The van der Waals surface area contributed by atoms with Crippen LogP contribution in [0.15, 0.2) is 30.4 Å². The lowest BCUT2D eigenvalue weighted by atomic mass is 10.1. The molecule has 0 radical (unpaired) electrons. The molecule has 0 aromatic heterocycles. The van der Waals surface area contributed by atoms with E-state index in [0.29, 0.717) is 10.0 Å². The quantitative estimate of drug-likeness (QED) is 0.625. The maximum Gasteiger partial charge on any atom is 0.331 e. The van der Waals surface area contributed by atoms with Crippen molar-refractivity contribution in [3.63, 3.8) is 0 Å². The topological polar surface area (TPSA) is 55.4 Å². The molecule has 22 heavy (non-hydrogen) atoms. The molecule has 120 valence electrons. The van der Waals surface area contributed by atoms with E-state index in [-0.39, 0.29) is 6.04 Å². The van der Waals surface area contributed by atoms with E-state index in [1.165, 1.54) is 13.0 Å². The molecule has 1 aromatic rings. The van der Waals surface area contributed by atoms with Crippen LogP contribution in [0.4, 0.5) is 0 Å². The predicted molar refractivity (Wildman–Crippen MR) is 88.0 cm³/mol. The molecule has 0 aliphatic carbocycles. The number of ether oxygens (including phenoxy) is 1. The number of amides is 1. The van der Waals surface area contributed by atoms with Gasteiger partial charge in [0, 0.05) is 16.1 Å². The van der Waals surface area contributed by atoms with E-state index in [1.54, 1.807) is 31.2 Å². The number of benzene rings is 1.